The molecule has 0 fully saturated rings. The fourth-order valence-electron chi connectivity index (χ4n) is 2.33. The number of esters is 1. The maximum atomic E-state index is 12.3. The van der Waals surface area contributed by atoms with Crippen LogP contribution in [0.1, 0.15) is 35.3 Å². The third kappa shape index (κ3) is 4.13. The van der Waals surface area contributed by atoms with Gasteiger partial charge in [-0.05, 0) is 55.7 Å². The van der Waals surface area contributed by atoms with E-state index in [1.165, 1.54) is 0 Å². The fraction of sp³-hybridized carbons (Fsp3) is 0.263. The second kappa shape index (κ2) is 7.64. The Morgan fingerprint density at radius 1 is 1.17 bits per heavy atom. The Hall–Kier alpha value is -2.82. The lowest BCUT2D eigenvalue weighted by Gasteiger charge is -2.17. The highest BCUT2D eigenvalue weighted by Gasteiger charge is 2.20. The largest absolute Gasteiger partial charge is 0.449 e. The molecule has 24 heavy (non-hydrogen) atoms. The molecule has 0 aliphatic carbocycles. The van der Waals surface area contributed by atoms with E-state index in [0.29, 0.717) is 11.3 Å². The Kier molecular flexibility index (Phi) is 5.58. The van der Waals surface area contributed by atoms with Crippen LogP contribution in [0.3, 0.4) is 0 Å². The molecule has 1 atom stereocenters. The van der Waals surface area contributed by atoms with Crippen molar-refractivity contribution < 1.29 is 14.3 Å². The van der Waals surface area contributed by atoms with Crippen molar-refractivity contribution in [3.05, 3.63) is 59.2 Å². The summed E-state index contributed by atoms with van der Waals surface area (Å²) in [5.41, 5.74) is 9.29. The second-order valence-corrected chi connectivity index (χ2v) is 5.62. The van der Waals surface area contributed by atoms with Gasteiger partial charge in [-0.1, -0.05) is 25.1 Å². The molecule has 0 aromatic heterocycles. The Bertz CT molecular complexity index is 739. The van der Waals surface area contributed by atoms with E-state index in [1.807, 2.05) is 32.0 Å². The highest BCUT2D eigenvalue weighted by atomic mass is 16.5. The number of hydrogen-bond donors (Lipinski definition) is 2. The van der Waals surface area contributed by atoms with Crippen molar-refractivity contribution in [1.29, 1.82) is 0 Å². The summed E-state index contributed by atoms with van der Waals surface area (Å²) in [5.74, 6) is -0.916. The van der Waals surface area contributed by atoms with Crippen LogP contribution in [0.4, 0.5) is 11.4 Å². The topological polar surface area (TPSA) is 81.4 Å². The minimum atomic E-state index is -0.903. The molecule has 0 aliphatic heterocycles. The standard InChI is InChI=1S/C19H22N2O3/c1-4-14-7-5-6-12(2)17(14)21-18(22)13(3)24-19(23)15-8-10-16(20)11-9-15/h5-11,13H,4,20H2,1-3H3,(H,21,22). The second-order valence-electron chi connectivity index (χ2n) is 5.62. The number of carbonyl (C=O) groups is 2. The summed E-state index contributed by atoms with van der Waals surface area (Å²) in [6.07, 6.45) is -0.101. The number of nitrogens with two attached hydrogens (primary N) is 1. The average molecular weight is 326 g/mol. The van der Waals surface area contributed by atoms with Crippen molar-refractivity contribution in [1.82, 2.24) is 0 Å². The number of aryl methyl sites for hydroxylation is 2. The number of para-hydroxylation sites is 1. The van der Waals surface area contributed by atoms with Crippen molar-refractivity contribution in [2.75, 3.05) is 11.1 Å². The summed E-state index contributed by atoms with van der Waals surface area (Å²) < 4.78 is 5.23. The van der Waals surface area contributed by atoms with E-state index in [-0.39, 0.29) is 5.91 Å². The van der Waals surface area contributed by atoms with Gasteiger partial charge in [0.15, 0.2) is 6.10 Å². The van der Waals surface area contributed by atoms with E-state index in [4.69, 9.17) is 10.5 Å². The van der Waals surface area contributed by atoms with Crippen LogP contribution in [0.5, 0.6) is 0 Å². The van der Waals surface area contributed by atoms with Gasteiger partial charge in [-0.3, -0.25) is 4.79 Å². The average Bonchev–Trinajstić information content (AvgIpc) is 2.57. The molecule has 0 heterocycles. The molecule has 1 amide bonds. The zero-order chi connectivity index (χ0) is 17.7. The van der Waals surface area contributed by atoms with Crippen LogP contribution in [0, 0.1) is 6.92 Å². The van der Waals surface area contributed by atoms with E-state index >= 15 is 0 Å². The number of nitrogens with one attached hydrogen (secondary N) is 1. The predicted octanol–water partition coefficient (Wildman–Crippen LogP) is 3.32. The quantitative estimate of drug-likeness (QED) is 0.652. The number of nitrogen functional groups attached to an aromatic ring is 1. The van der Waals surface area contributed by atoms with Crippen LogP contribution in [0.2, 0.25) is 0 Å². The Morgan fingerprint density at radius 3 is 2.46 bits per heavy atom. The molecule has 0 bridgehead atoms. The molecule has 5 nitrogen and oxygen atoms in total. The molecule has 126 valence electrons. The molecule has 1 unspecified atom stereocenters. The van der Waals surface area contributed by atoms with Gasteiger partial charge in [-0.15, -0.1) is 0 Å². The number of anilines is 2. The van der Waals surface area contributed by atoms with Gasteiger partial charge in [-0.2, -0.15) is 0 Å². The molecule has 0 aliphatic rings. The van der Waals surface area contributed by atoms with Gasteiger partial charge < -0.3 is 15.8 Å². The minimum Gasteiger partial charge on any atom is -0.449 e. The number of hydrogen-bond acceptors (Lipinski definition) is 4. The normalized spacial score (nSPS) is 11.6. The number of rotatable bonds is 5. The van der Waals surface area contributed by atoms with E-state index in [0.717, 1.165) is 23.2 Å². The molecule has 2 aromatic carbocycles. The third-order valence-electron chi connectivity index (χ3n) is 3.79. The lowest BCUT2D eigenvalue weighted by atomic mass is 10.1. The highest BCUT2D eigenvalue weighted by Crippen LogP contribution is 2.21. The van der Waals surface area contributed by atoms with E-state index < -0.39 is 12.1 Å². The SMILES string of the molecule is CCc1cccc(C)c1NC(=O)C(C)OC(=O)c1ccc(N)cc1. The fourth-order valence-corrected chi connectivity index (χ4v) is 2.33. The van der Waals surface area contributed by atoms with Gasteiger partial charge in [0.2, 0.25) is 0 Å². The molecule has 2 rings (SSSR count). The minimum absolute atomic E-state index is 0.356. The first-order valence-corrected chi connectivity index (χ1v) is 7.88. The predicted molar refractivity (Wildman–Crippen MR) is 94.9 cm³/mol. The first kappa shape index (κ1) is 17.5. The summed E-state index contributed by atoms with van der Waals surface area (Å²) in [4.78, 5) is 24.4. The van der Waals surface area contributed by atoms with Gasteiger partial charge in [0.05, 0.1) is 5.56 Å². The van der Waals surface area contributed by atoms with Gasteiger partial charge in [0.25, 0.3) is 5.91 Å². The number of amides is 1. The molecule has 5 heteroatoms. The van der Waals surface area contributed by atoms with E-state index in [1.54, 1.807) is 31.2 Å². The number of ether oxygens (including phenoxy) is 1. The van der Waals surface area contributed by atoms with Crippen molar-refractivity contribution in [2.24, 2.45) is 0 Å². The van der Waals surface area contributed by atoms with Gasteiger partial charge in [0, 0.05) is 11.4 Å². The Morgan fingerprint density at radius 2 is 1.83 bits per heavy atom. The molecule has 0 saturated carbocycles. The Balaban J connectivity index is 2.05. The van der Waals surface area contributed by atoms with Crippen molar-refractivity contribution in [3.63, 3.8) is 0 Å². The maximum absolute atomic E-state index is 12.3. The number of benzene rings is 2. The van der Waals surface area contributed by atoms with Crippen LogP contribution >= 0.6 is 0 Å². The summed E-state index contributed by atoms with van der Waals surface area (Å²) in [5, 5.41) is 2.86. The molecule has 0 spiro atoms. The maximum Gasteiger partial charge on any atom is 0.338 e. The zero-order valence-corrected chi connectivity index (χ0v) is 14.1. The zero-order valence-electron chi connectivity index (χ0n) is 14.1. The number of carbonyl (C=O) groups excluding carboxylic acids is 2. The third-order valence-corrected chi connectivity index (χ3v) is 3.79. The smallest absolute Gasteiger partial charge is 0.338 e. The van der Waals surface area contributed by atoms with Crippen molar-refractivity contribution in [2.45, 2.75) is 33.3 Å². The molecule has 0 saturated heterocycles. The van der Waals surface area contributed by atoms with Gasteiger partial charge in [-0.25, -0.2) is 4.79 Å². The summed E-state index contributed by atoms with van der Waals surface area (Å²) in [6, 6.07) is 12.2. The highest BCUT2D eigenvalue weighted by molar-refractivity contribution is 5.98. The van der Waals surface area contributed by atoms with Crippen LogP contribution < -0.4 is 11.1 Å². The molecular weight excluding hydrogens is 304 g/mol. The first-order valence-electron chi connectivity index (χ1n) is 7.88. The summed E-state index contributed by atoms with van der Waals surface area (Å²) in [6.45, 7) is 5.50. The molecule has 0 radical (unpaired) electrons. The first-order chi connectivity index (χ1) is 11.4. The molecular formula is C19H22N2O3. The van der Waals surface area contributed by atoms with Gasteiger partial charge in [0.1, 0.15) is 0 Å². The van der Waals surface area contributed by atoms with Gasteiger partial charge >= 0.3 is 5.97 Å². The summed E-state index contributed by atoms with van der Waals surface area (Å²) in [7, 11) is 0. The van der Waals surface area contributed by atoms with Crippen LogP contribution in [0.25, 0.3) is 0 Å². The lowest BCUT2D eigenvalue weighted by molar-refractivity contribution is -0.123. The monoisotopic (exact) mass is 326 g/mol. The van der Waals surface area contributed by atoms with E-state index in [2.05, 4.69) is 5.32 Å². The van der Waals surface area contributed by atoms with Crippen molar-refractivity contribution >= 4 is 23.3 Å². The molecule has 3 N–H and O–H groups in total. The van der Waals surface area contributed by atoms with Crippen LogP contribution in [-0.2, 0) is 16.0 Å². The van der Waals surface area contributed by atoms with Crippen LogP contribution in [-0.4, -0.2) is 18.0 Å². The molecule has 2 aromatic rings. The van der Waals surface area contributed by atoms with E-state index in [9.17, 15) is 9.59 Å². The van der Waals surface area contributed by atoms with Crippen molar-refractivity contribution in [3.8, 4) is 0 Å². The lowest BCUT2D eigenvalue weighted by Crippen LogP contribution is -2.30. The summed E-state index contributed by atoms with van der Waals surface area (Å²) >= 11 is 0. The Labute approximate surface area is 141 Å². The van der Waals surface area contributed by atoms with Crippen LogP contribution in [0.15, 0.2) is 42.5 Å².